The molecule has 1 aromatic carbocycles. The van der Waals surface area contributed by atoms with E-state index in [4.69, 9.17) is 10.5 Å². The second kappa shape index (κ2) is 8.92. The molecule has 2 aromatic rings. The predicted octanol–water partition coefficient (Wildman–Crippen LogP) is 4.36. The van der Waals surface area contributed by atoms with E-state index < -0.39 is 23.9 Å². The van der Waals surface area contributed by atoms with Gasteiger partial charge in [0.15, 0.2) is 0 Å². The summed E-state index contributed by atoms with van der Waals surface area (Å²) in [6.07, 6.45) is 2.11. The van der Waals surface area contributed by atoms with Crippen molar-refractivity contribution in [3.63, 3.8) is 0 Å². The van der Waals surface area contributed by atoms with Crippen LogP contribution in [0, 0.1) is 23.1 Å². The number of nitrogens with zero attached hydrogens (tertiary/aromatic N) is 2. The maximum absolute atomic E-state index is 14.7. The molecule has 8 heteroatoms. The molecule has 0 aliphatic carbocycles. The molecule has 0 bridgehead atoms. The van der Waals surface area contributed by atoms with Gasteiger partial charge in [-0.3, -0.25) is 0 Å². The number of hydrogen-bond acceptors (Lipinski definition) is 4. The van der Waals surface area contributed by atoms with E-state index in [9.17, 15) is 18.0 Å². The van der Waals surface area contributed by atoms with Gasteiger partial charge in [0.2, 0.25) is 0 Å². The Balaban J connectivity index is 2.38. The van der Waals surface area contributed by atoms with Crippen LogP contribution in [0.5, 0.6) is 0 Å². The monoisotopic (exact) mass is 421 g/mol. The number of alkyl halides is 2. The molecule has 1 atom stereocenters. The van der Waals surface area contributed by atoms with Crippen molar-refractivity contribution in [1.82, 2.24) is 9.78 Å². The van der Waals surface area contributed by atoms with E-state index in [2.05, 4.69) is 16.9 Å². The largest absolute Gasteiger partial charge is 0.461 e. The number of rotatable bonds is 5. The maximum Gasteiger partial charge on any atom is 0.333 e. The molecule has 1 unspecified atom stereocenters. The highest BCUT2D eigenvalue weighted by molar-refractivity contribution is 5.82. The van der Waals surface area contributed by atoms with E-state index in [0.717, 1.165) is 6.20 Å². The van der Waals surface area contributed by atoms with Gasteiger partial charge in [-0.1, -0.05) is 38.7 Å². The second-order valence-corrected chi connectivity index (χ2v) is 8.59. The van der Waals surface area contributed by atoms with Gasteiger partial charge in [0, 0.05) is 6.20 Å². The van der Waals surface area contributed by atoms with E-state index in [0.29, 0.717) is 4.68 Å². The molecule has 0 saturated carbocycles. The van der Waals surface area contributed by atoms with Gasteiger partial charge in [-0.2, -0.15) is 13.9 Å². The Morgan fingerprint density at radius 1 is 1.27 bits per heavy atom. The average Bonchev–Trinajstić information content (AvgIpc) is 3.07. The SMILES string of the molecule is CC(C)OC(=O)C(N)(CC(C)(C)C)c1ccc(C#Cc2cnn(C(F)F)c2)c(F)c1. The van der Waals surface area contributed by atoms with Gasteiger partial charge in [-0.25, -0.2) is 13.9 Å². The van der Waals surface area contributed by atoms with Gasteiger partial charge in [0.1, 0.15) is 11.4 Å². The summed E-state index contributed by atoms with van der Waals surface area (Å²) in [5, 5.41) is 3.48. The van der Waals surface area contributed by atoms with Gasteiger partial charge in [-0.15, -0.1) is 0 Å². The van der Waals surface area contributed by atoms with Crippen LogP contribution in [0.25, 0.3) is 0 Å². The normalized spacial score (nSPS) is 13.7. The number of halogens is 3. The Hall–Kier alpha value is -2.79. The number of carbonyl (C=O) groups excluding carboxylic acids is 1. The highest BCUT2D eigenvalue weighted by atomic mass is 19.3. The van der Waals surface area contributed by atoms with E-state index in [1.54, 1.807) is 13.8 Å². The van der Waals surface area contributed by atoms with Gasteiger partial charge in [0.25, 0.3) is 0 Å². The third-order valence-electron chi connectivity index (χ3n) is 4.14. The lowest BCUT2D eigenvalue weighted by atomic mass is 9.76. The second-order valence-electron chi connectivity index (χ2n) is 8.59. The molecule has 1 heterocycles. The molecule has 0 aliphatic heterocycles. The van der Waals surface area contributed by atoms with Crippen molar-refractivity contribution in [3.05, 3.63) is 53.1 Å². The fourth-order valence-corrected chi connectivity index (χ4v) is 2.99. The average molecular weight is 421 g/mol. The van der Waals surface area contributed by atoms with Crippen LogP contribution in [0.1, 0.15) is 64.3 Å². The molecule has 0 amide bonds. The van der Waals surface area contributed by atoms with Crippen molar-refractivity contribution in [2.45, 2.75) is 59.2 Å². The van der Waals surface area contributed by atoms with E-state index in [1.165, 1.54) is 24.4 Å². The van der Waals surface area contributed by atoms with Crippen molar-refractivity contribution in [3.8, 4) is 11.8 Å². The van der Waals surface area contributed by atoms with Gasteiger partial charge >= 0.3 is 12.5 Å². The number of benzene rings is 1. The van der Waals surface area contributed by atoms with Crippen LogP contribution in [-0.2, 0) is 15.1 Å². The number of ether oxygens (including phenoxy) is 1. The summed E-state index contributed by atoms with van der Waals surface area (Å²) >= 11 is 0. The highest BCUT2D eigenvalue weighted by Crippen LogP contribution is 2.35. The minimum atomic E-state index is -2.78. The molecule has 0 fully saturated rings. The Labute approximate surface area is 174 Å². The Bertz CT molecular complexity index is 968. The molecule has 30 heavy (non-hydrogen) atoms. The van der Waals surface area contributed by atoms with Crippen LogP contribution in [0.4, 0.5) is 13.2 Å². The number of esters is 1. The first-order valence-electron chi connectivity index (χ1n) is 9.46. The van der Waals surface area contributed by atoms with Crippen molar-refractivity contribution in [1.29, 1.82) is 0 Å². The Morgan fingerprint density at radius 2 is 1.93 bits per heavy atom. The molecule has 162 valence electrons. The fourth-order valence-electron chi connectivity index (χ4n) is 2.99. The van der Waals surface area contributed by atoms with Gasteiger partial charge in [0.05, 0.1) is 23.4 Å². The van der Waals surface area contributed by atoms with Crippen LogP contribution >= 0.6 is 0 Å². The number of nitrogens with two attached hydrogens (primary N) is 1. The van der Waals surface area contributed by atoms with Crippen LogP contribution in [0.2, 0.25) is 0 Å². The number of hydrogen-bond donors (Lipinski definition) is 1. The first-order chi connectivity index (χ1) is 13.8. The van der Waals surface area contributed by atoms with Crippen molar-refractivity contribution in [2.24, 2.45) is 11.1 Å². The molecule has 0 radical (unpaired) electrons. The summed E-state index contributed by atoms with van der Waals surface area (Å²) in [6.45, 7) is 6.42. The summed E-state index contributed by atoms with van der Waals surface area (Å²) in [7, 11) is 0. The fraction of sp³-hybridized carbons (Fsp3) is 0.455. The minimum absolute atomic E-state index is 0.0406. The topological polar surface area (TPSA) is 70.1 Å². The molecule has 5 nitrogen and oxygen atoms in total. The number of carbonyl (C=O) groups is 1. The van der Waals surface area contributed by atoms with Gasteiger partial charge < -0.3 is 10.5 Å². The molecular weight excluding hydrogens is 395 g/mol. The summed E-state index contributed by atoms with van der Waals surface area (Å²) in [5.41, 5.74) is 5.13. The van der Waals surface area contributed by atoms with Crippen LogP contribution in [-0.4, -0.2) is 21.9 Å². The van der Waals surface area contributed by atoms with Gasteiger partial charge in [-0.05, 0) is 43.4 Å². The predicted molar refractivity (Wildman–Crippen MR) is 107 cm³/mol. The molecule has 1 aromatic heterocycles. The quantitative estimate of drug-likeness (QED) is 0.575. The summed E-state index contributed by atoms with van der Waals surface area (Å²) in [5.74, 6) is 3.87. The smallest absolute Gasteiger partial charge is 0.333 e. The third kappa shape index (κ3) is 5.86. The Morgan fingerprint density at radius 3 is 2.43 bits per heavy atom. The zero-order valence-electron chi connectivity index (χ0n) is 17.7. The summed E-state index contributed by atoms with van der Waals surface area (Å²) in [4.78, 5) is 12.7. The Kier molecular flexibility index (Phi) is 6.99. The molecule has 2 N–H and O–H groups in total. The third-order valence-corrected chi connectivity index (χ3v) is 4.14. The highest BCUT2D eigenvalue weighted by Gasteiger charge is 2.41. The van der Waals surface area contributed by atoms with Crippen LogP contribution in [0.3, 0.4) is 0 Å². The summed E-state index contributed by atoms with van der Waals surface area (Å²) < 4.78 is 45.6. The summed E-state index contributed by atoms with van der Waals surface area (Å²) in [6, 6.07) is 4.10. The molecular formula is C22H26F3N3O2. The van der Waals surface area contributed by atoms with E-state index in [-0.39, 0.29) is 34.6 Å². The van der Waals surface area contributed by atoms with Crippen molar-refractivity contribution < 1.29 is 22.7 Å². The molecule has 0 aliphatic rings. The minimum Gasteiger partial charge on any atom is -0.461 e. The maximum atomic E-state index is 14.7. The standard InChI is InChI=1S/C22H26F3N3O2/c1-14(2)30-19(29)22(26,13-21(3,4)5)17-9-8-16(18(23)10-17)7-6-15-11-27-28(12-15)20(24)25/h8-12,14,20H,13,26H2,1-5H3. The van der Waals surface area contributed by atoms with Crippen LogP contribution < -0.4 is 5.73 Å². The first kappa shape index (κ1) is 23.5. The lowest BCUT2D eigenvalue weighted by molar-refractivity contribution is -0.156. The molecule has 0 spiro atoms. The van der Waals surface area contributed by atoms with E-state index in [1.807, 2.05) is 20.8 Å². The first-order valence-corrected chi connectivity index (χ1v) is 9.46. The molecule has 2 rings (SSSR count). The van der Waals surface area contributed by atoms with Crippen molar-refractivity contribution >= 4 is 5.97 Å². The zero-order valence-corrected chi connectivity index (χ0v) is 17.7. The van der Waals surface area contributed by atoms with E-state index >= 15 is 0 Å². The lowest BCUT2D eigenvalue weighted by Crippen LogP contribution is -2.49. The van der Waals surface area contributed by atoms with Crippen molar-refractivity contribution in [2.75, 3.05) is 0 Å². The zero-order chi connectivity index (χ0) is 22.7. The number of aromatic nitrogens is 2. The van der Waals surface area contributed by atoms with Crippen LogP contribution in [0.15, 0.2) is 30.6 Å². The molecule has 0 saturated heterocycles. The lowest BCUT2D eigenvalue weighted by Gasteiger charge is -2.34.